The van der Waals surface area contributed by atoms with Crippen LogP contribution in [0.1, 0.15) is 32.8 Å². The fourth-order valence-corrected chi connectivity index (χ4v) is 3.33. The van der Waals surface area contributed by atoms with Gasteiger partial charge in [0.2, 0.25) is 5.91 Å². The van der Waals surface area contributed by atoms with Crippen LogP contribution in [0.25, 0.3) is 0 Å². The molecule has 1 aromatic heterocycles. The monoisotopic (exact) mass is 338 g/mol. The molecule has 0 unspecified atom stereocenters. The Bertz CT molecular complexity index is 537. The van der Waals surface area contributed by atoms with Gasteiger partial charge < -0.3 is 14.5 Å². The van der Waals surface area contributed by atoms with Crippen molar-refractivity contribution in [3.8, 4) is 0 Å². The van der Waals surface area contributed by atoms with Crippen molar-refractivity contribution in [2.75, 3.05) is 26.7 Å². The second-order valence-electron chi connectivity index (χ2n) is 7.16. The number of likely N-dealkylation sites (tertiary alicyclic amines) is 1. The molecule has 5 nitrogen and oxygen atoms in total. The van der Waals surface area contributed by atoms with Gasteiger partial charge in [0, 0.05) is 26.7 Å². The fourth-order valence-electron chi connectivity index (χ4n) is 2.67. The van der Waals surface area contributed by atoms with Gasteiger partial charge in [-0.2, -0.15) is 11.3 Å². The Hall–Kier alpha value is -1.56. The number of hydrogen-bond acceptors (Lipinski definition) is 4. The molecule has 0 N–H and O–H groups in total. The van der Waals surface area contributed by atoms with Crippen LogP contribution in [0.4, 0.5) is 4.79 Å². The van der Waals surface area contributed by atoms with E-state index in [2.05, 4.69) is 0 Å². The maximum atomic E-state index is 12.2. The number of ether oxygens (including phenoxy) is 1. The highest BCUT2D eigenvalue weighted by atomic mass is 32.1. The lowest BCUT2D eigenvalue weighted by molar-refractivity contribution is -0.129. The van der Waals surface area contributed by atoms with Crippen molar-refractivity contribution in [3.63, 3.8) is 0 Å². The van der Waals surface area contributed by atoms with Crippen molar-refractivity contribution in [1.82, 2.24) is 9.80 Å². The summed E-state index contributed by atoms with van der Waals surface area (Å²) in [6.07, 6.45) is 1.10. The number of likely N-dealkylation sites (N-methyl/N-ethyl adjacent to an activating group) is 1. The van der Waals surface area contributed by atoms with E-state index in [0.717, 1.165) is 12.0 Å². The van der Waals surface area contributed by atoms with Crippen molar-refractivity contribution >= 4 is 23.3 Å². The molecule has 2 heterocycles. The van der Waals surface area contributed by atoms with Crippen LogP contribution in [-0.4, -0.2) is 54.1 Å². The smallest absolute Gasteiger partial charge is 0.410 e. The van der Waals surface area contributed by atoms with Gasteiger partial charge in [-0.25, -0.2) is 4.79 Å². The highest BCUT2D eigenvalue weighted by Gasteiger charge is 2.30. The van der Waals surface area contributed by atoms with E-state index < -0.39 is 5.60 Å². The number of rotatable bonds is 4. The van der Waals surface area contributed by atoms with Gasteiger partial charge in [0.15, 0.2) is 0 Å². The van der Waals surface area contributed by atoms with Gasteiger partial charge in [0.25, 0.3) is 0 Å². The first-order valence-corrected chi connectivity index (χ1v) is 8.92. The van der Waals surface area contributed by atoms with Crippen molar-refractivity contribution in [3.05, 3.63) is 22.4 Å². The van der Waals surface area contributed by atoms with E-state index in [-0.39, 0.29) is 12.0 Å². The lowest BCUT2D eigenvalue weighted by Gasteiger charge is -2.25. The molecule has 1 atom stereocenters. The summed E-state index contributed by atoms with van der Waals surface area (Å²) in [6.45, 7) is 7.65. The van der Waals surface area contributed by atoms with Crippen LogP contribution >= 0.6 is 11.3 Å². The van der Waals surface area contributed by atoms with E-state index in [9.17, 15) is 9.59 Å². The van der Waals surface area contributed by atoms with E-state index in [1.54, 1.807) is 21.1 Å². The van der Waals surface area contributed by atoms with Crippen LogP contribution in [-0.2, 0) is 16.0 Å². The van der Waals surface area contributed by atoms with Gasteiger partial charge in [0.1, 0.15) is 5.60 Å². The fraction of sp³-hybridized carbons (Fsp3) is 0.647. The minimum absolute atomic E-state index is 0.124. The van der Waals surface area contributed by atoms with Gasteiger partial charge in [-0.15, -0.1) is 0 Å². The lowest BCUT2D eigenvalue weighted by Crippen LogP contribution is -2.37. The Balaban J connectivity index is 1.78. The Morgan fingerprint density at radius 1 is 1.43 bits per heavy atom. The molecular formula is C17H26N2O3S. The van der Waals surface area contributed by atoms with Crippen LogP contribution in [0.15, 0.2) is 16.8 Å². The standard InChI is InChI=1S/C17H26N2O3S/c1-17(2,3)22-16(21)19-7-5-14(11-19)10-18(4)15(20)9-13-6-8-23-12-13/h6,8,12,14H,5,7,9-11H2,1-4H3/t14-/m0/s1. The molecule has 2 amide bonds. The molecule has 1 aliphatic rings. The largest absolute Gasteiger partial charge is 0.444 e. The number of thiophene rings is 1. The lowest BCUT2D eigenvalue weighted by atomic mass is 10.1. The van der Waals surface area contributed by atoms with Crippen molar-refractivity contribution in [2.45, 2.75) is 39.2 Å². The topological polar surface area (TPSA) is 49.9 Å². The maximum absolute atomic E-state index is 12.2. The average Bonchev–Trinajstić information content (AvgIpc) is 3.08. The molecule has 0 aliphatic carbocycles. The summed E-state index contributed by atoms with van der Waals surface area (Å²) < 4.78 is 5.40. The quantitative estimate of drug-likeness (QED) is 0.848. The third-order valence-corrected chi connectivity index (χ3v) is 4.56. The van der Waals surface area contributed by atoms with Crippen molar-refractivity contribution in [2.24, 2.45) is 5.92 Å². The summed E-state index contributed by atoms with van der Waals surface area (Å²) in [4.78, 5) is 27.8. The SMILES string of the molecule is CN(C[C@@H]1CCN(C(=O)OC(C)(C)C)C1)C(=O)Cc1ccsc1. The Kier molecular flexibility index (Phi) is 5.68. The van der Waals surface area contributed by atoms with E-state index >= 15 is 0 Å². The van der Waals surface area contributed by atoms with E-state index in [1.165, 1.54) is 0 Å². The molecule has 0 spiro atoms. The summed E-state index contributed by atoms with van der Waals surface area (Å²) in [5.74, 6) is 0.443. The molecule has 0 radical (unpaired) electrons. The average molecular weight is 338 g/mol. The molecule has 0 aromatic carbocycles. The van der Waals surface area contributed by atoms with Gasteiger partial charge in [-0.05, 0) is 55.5 Å². The van der Waals surface area contributed by atoms with Crippen molar-refractivity contribution in [1.29, 1.82) is 0 Å². The first kappa shape index (κ1) is 17.8. The van der Waals surface area contributed by atoms with Crippen LogP contribution < -0.4 is 0 Å². The third kappa shape index (κ3) is 5.53. The van der Waals surface area contributed by atoms with Gasteiger partial charge in [-0.3, -0.25) is 4.79 Å². The Labute approximate surface area is 142 Å². The van der Waals surface area contributed by atoms with Crippen LogP contribution in [0.2, 0.25) is 0 Å². The summed E-state index contributed by atoms with van der Waals surface area (Å²) in [5.41, 5.74) is 0.594. The first-order valence-electron chi connectivity index (χ1n) is 7.97. The molecule has 1 aliphatic heterocycles. The molecule has 0 bridgehead atoms. The van der Waals surface area contributed by atoms with Crippen molar-refractivity contribution < 1.29 is 14.3 Å². The molecule has 23 heavy (non-hydrogen) atoms. The second-order valence-corrected chi connectivity index (χ2v) is 7.94. The van der Waals surface area contributed by atoms with E-state index in [1.807, 2.05) is 44.6 Å². The third-order valence-electron chi connectivity index (χ3n) is 3.83. The highest BCUT2D eigenvalue weighted by molar-refractivity contribution is 7.07. The summed E-state index contributed by atoms with van der Waals surface area (Å²) in [7, 11) is 1.84. The summed E-state index contributed by atoms with van der Waals surface area (Å²) >= 11 is 1.61. The number of hydrogen-bond donors (Lipinski definition) is 0. The van der Waals surface area contributed by atoms with Gasteiger partial charge in [-0.1, -0.05) is 0 Å². The highest BCUT2D eigenvalue weighted by Crippen LogP contribution is 2.20. The second kappa shape index (κ2) is 7.34. The molecule has 0 saturated carbocycles. The molecule has 6 heteroatoms. The zero-order valence-corrected chi connectivity index (χ0v) is 15.2. The Morgan fingerprint density at radius 3 is 2.78 bits per heavy atom. The Morgan fingerprint density at radius 2 is 2.17 bits per heavy atom. The van der Waals surface area contributed by atoms with E-state index in [0.29, 0.717) is 32.0 Å². The van der Waals surface area contributed by atoms with Crippen LogP contribution in [0.5, 0.6) is 0 Å². The zero-order chi connectivity index (χ0) is 17.0. The number of nitrogens with zero attached hydrogens (tertiary/aromatic N) is 2. The minimum Gasteiger partial charge on any atom is -0.444 e. The number of carbonyl (C=O) groups excluding carboxylic acids is 2. The predicted molar refractivity (Wildman–Crippen MR) is 91.6 cm³/mol. The molecule has 2 rings (SSSR count). The minimum atomic E-state index is -0.470. The van der Waals surface area contributed by atoms with Crippen LogP contribution in [0.3, 0.4) is 0 Å². The van der Waals surface area contributed by atoms with Gasteiger partial charge >= 0.3 is 6.09 Å². The summed E-state index contributed by atoms with van der Waals surface area (Å²) in [6, 6.07) is 1.98. The molecule has 128 valence electrons. The molecule has 1 fully saturated rings. The van der Waals surface area contributed by atoms with Gasteiger partial charge in [0.05, 0.1) is 6.42 Å². The maximum Gasteiger partial charge on any atom is 0.410 e. The molecular weight excluding hydrogens is 312 g/mol. The number of carbonyl (C=O) groups is 2. The summed E-state index contributed by atoms with van der Waals surface area (Å²) in [5, 5.41) is 3.99. The predicted octanol–water partition coefficient (Wildman–Crippen LogP) is 3.01. The van der Waals surface area contributed by atoms with E-state index in [4.69, 9.17) is 4.74 Å². The molecule has 1 saturated heterocycles. The number of amides is 2. The zero-order valence-electron chi connectivity index (χ0n) is 14.4. The first-order chi connectivity index (χ1) is 10.7. The normalized spacial score (nSPS) is 18.1. The molecule has 1 aromatic rings. The van der Waals surface area contributed by atoms with Crippen LogP contribution in [0, 0.1) is 5.92 Å².